The van der Waals surface area contributed by atoms with Gasteiger partial charge >= 0.3 is 0 Å². The Balaban J connectivity index is 2.37. The SMILES string of the molecule is [CH]=C(CCC(C)CCCC(C)C)c1[c]ccc(CCC(C)CCCC(C)C)c1. The van der Waals surface area contributed by atoms with Crippen molar-refractivity contribution < 1.29 is 0 Å². The van der Waals surface area contributed by atoms with E-state index in [2.05, 4.69) is 65.8 Å². The molecule has 2 atom stereocenters. The molecule has 0 saturated heterocycles. The third-order valence-corrected chi connectivity index (χ3v) is 6.00. The van der Waals surface area contributed by atoms with E-state index >= 15 is 0 Å². The van der Waals surface area contributed by atoms with Gasteiger partial charge in [0.2, 0.25) is 0 Å². The zero-order valence-corrected chi connectivity index (χ0v) is 19.7. The van der Waals surface area contributed by atoms with Crippen LogP contribution in [0, 0.1) is 36.3 Å². The van der Waals surface area contributed by atoms with Crippen LogP contribution < -0.4 is 0 Å². The van der Waals surface area contributed by atoms with Crippen molar-refractivity contribution in [2.45, 2.75) is 106 Å². The molecule has 0 aliphatic carbocycles. The van der Waals surface area contributed by atoms with Gasteiger partial charge in [-0.25, -0.2) is 0 Å². The highest BCUT2D eigenvalue weighted by atomic mass is 14.1. The molecule has 0 aliphatic rings. The summed E-state index contributed by atoms with van der Waals surface area (Å²) in [5, 5.41) is 0. The van der Waals surface area contributed by atoms with Gasteiger partial charge in [-0.15, -0.1) is 0 Å². The van der Waals surface area contributed by atoms with Crippen LogP contribution >= 0.6 is 0 Å². The Labute approximate surface area is 177 Å². The topological polar surface area (TPSA) is 0 Å². The van der Waals surface area contributed by atoms with Gasteiger partial charge in [0.1, 0.15) is 0 Å². The zero-order valence-electron chi connectivity index (χ0n) is 19.7. The Morgan fingerprint density at radius 1 is 0.821 bits per heavy atom. The summed E-state index contributed by atoms with van der Waals surface area (Å²) in [5.41, 5.74) is 3.55. The first-order chi connectivity index (χ1) is 13.3. The first kappa shape index (κ1) is 25.0. The van der Waals surface area contributed by atoms with Crippen molar-refractivity contribution in [3.8, 4) is 0 Å². The second kappa shape index (κ2) is 14.0. The van der Waals surface area contributed by atoms with Crippen LogP contribution in [0.25, 0.3) is 5.57 Å². The molecule has 2 unspecified atom stereocenters. The number of rotatable bonds is 15. The van der Waals surface area contributed by atoms with Crippen molar-refractivity contribution >= 4 is 5.57 Å². The molecular formula is C28H46. The molecule has 0 heterocycles. The third kappa shape index (κ3) is 11.7. The zero-order chi connectivity index (χ0) is 20.9. The Morgan fingerprint density at radius 2 is 1.39 bits per heavy atom. The average Bonchev–Trinajstić information content (AvgIpc) is 2.64. The van der Waals surface area contributed by atoms with Crippen molar-refractivity contribution in [2.75, 3.05) is 0 Å². The minimum atomic E-state index is 0.757. The van der Waals surface area contributed by atoms with E-state index in [4.69, 9.17) is 6.58 Å². The standard InChI is InChI=1S/C28H46/c1-22(2)11-8-13-24(5)17-19-26(7)28-16-10-15-27(21-28)20-18-25(6)14-9-12-23(3)4/h7,10,15,21-25H,8-9,11-14,17-20H2,1-6H3. The molecule has 1 aromatic carbocycles. The van der Waals surface area contributed by atoms with E-state index in [0.717, 1.165) is 47.6 Å². The largest absolute Gasteiger partial charge is 0.0628 e. The molecule has 0 heteroatoms. The highest BCUT2D eigenvalue weighted by molar-refractivity contribution is 5.62. The molecule has 158 valence electrons. The maximum atomic E-state index is 6.42. The predicted octanol–water partition coefficient (Wildman–Crippen LogP) is 8.94. The molecule has 0 spiro atoms. The van der Waals surface area contributed by atoms with Crippen LogP contribution in [0.3, 0.4) is 0 Å². The van der Waals surface area contributed by atoms with Gasteiger partial charge in [0.15, 0.2) is 0 Å². The van der Waals surface area contributed by atoms with Gasteiger partial charge in [0.05, 0.1) is 0 Å². The third-order valence-electron chi connectivity index (χ3n) is 6.00. The first-order valence-corrected chi connectivity index (χ1v) is 11.9. The molecule has 1 aromatic rings. The van der Waals surface area contributed by atoms with Crippen molar-refractivity contribution in [3.05, 3.63) is 42.0 Å². The van der Waals surface area contributed by atoms with Gasteiger partial charge in [-0.3, -0.25) is 0 Å². The van der Waals surface area contributed by atoms with Gasteiger partial charge < -0.3 is 0 Å². The van der Waals surface area contributed by atoms with Gasteiger partial charge in [0, 0.05) is 0 Å². The highest BCUT2D eigenvalue weighted by Gasteiger charge is 2.08. The van der Waals surface area contributed by atoms with Crippen LogP contribution in [0.5, 0.6) is 0 Å². The second-order valence-electron chi connectivity index (χ2n) is 10.1. The van der Waals surface area contributed by atoms with E-state index in [9.17, 15) is 0 Å². The van der Waals surface area contributed by atoms with Gasteiger partial charge in [0.25, 0.3) is 0 Å². The van der Waals surface area contributed by atoms with Crippen LogP contribution in [0.2, 0.25) is 0 Å². The molecular weight excluding hydrogens is 336 g/mol. The summed E-state index contributed by atoms with van der Waals surface area (Å²) in [6.07, 6.45) is 12.7. The number of aryl methyl sites for hydroxylation is 1. The minimum absolute atomic E-state index is 0.757. The van der Waals surface area contributed by atoms with E-state index in [1.54, 1.807) is 0 Å². The summed E-state index contributed by atoms with van der Waals surface area (Å²) in [7, 11) is 0. The summed E-state index contributed by atoms with van der Waals surface area (Å²) < 4.78 is 0. The number of hydrogen-bond donors (Lipinski definition) is 0. The van der Waals surface area contributed by atoms with Gasteiger partial charge in [-0.1, -0.05) is 105 Å². The molecule has 0 amide bonds. The molecule has 0 bridgehead atoms. The molecule has 0 saturated carbocycles. The molecule has 28 heavy (non-hydrogen) atoms. The Bertz CT molecular complexity index is 537. The fraction of sp³-hybridized carbons (Fsp3) is 0.714. The normalized spacial score (nSPS) is 13.9. The molecule has 1 rings (SSSR count). The second-order valence-corrected chi connectivity index (χ2v) is 10.1. The van der Waals surface area contributed by atoms with Crippen molar-refractivity contribution in [2.24, 2.45) is 23.7 Å². The van der Waals surface area contributed by atoms with E-state index in [0.29, 0.717) is 0 Å². The van der Waals surface area contributed by atoms with Crippen LogP contribution in [0.1, 0.15) is 110 Å². The molecule has 0 N–H and O–H groups in total. The van der Waals surface area contributed by atoms with Crippen LogP contribution in [-0.4, -0.2) is 0 Å². The molecule has 0 aromatic heterocycles. The monoisotopic (exact) mass is 382 g/mol. The lowest BCUT2D eigenvalue weighted by atomic mass is 9.91. The molecule has 2 radical (unpaired) electrons. The summed E-state index contributed by atoms with van der Waals surface area (Å²) in [6.45, 7) is 20.5. The van der Waals surface area contributed by atoms with Crippen LogP contribution in [0.15, 0.2) is 18.2 Å². The molecule has 0 nitrogen and oxygen atoms in total. The number of benzene rings is 1. The predicted molar refractivity (Wildman–Crippen MR) is 126 cm³/mol. The molecule has 0 fully saturated rings. The smallest absolute Gasteiger partial charge is 0.0102 e. The van der Waals surface area contributed by atoms with Crippen LogP contribution in [-0.2, 0) is 6.42 Å². The summed E-state index contributed by atoms with van der Waals surface area (Å²) in [5.74, 6) is 3.21. The van der Waals surface area contributed by atoms with Crippen molar-refractivity contribution in [1.29, 1.82) is 0 Å². The summed E-state index contributed by atoms with van der Waals surface area (Å²) in [6, 6.07) is 9.92. The summed E-state index contributed by atoms with van der Waals surface area (Å²) >= 11 is 0. The lowest BCUT2D eigenvalue weighted by Crippen LogP contribution is -2.00. The van der Waals surface area contributed by atoms with E-state index in [1.165, 1.54) is 56.9 Å². The number of allylic oxidation sites excluding steroid dienone is 1. The molecule has 0 aliphatic heterocycles. The fourth-order valence-corrected chi connectivity index (χ4v) is 3.84. The van der Waals surface area contributed by atoms with Gasteiger partial charge in [-0.2, -0.15) is 0 Å². The lowest BCUT2D eigenvalue weighted by Gasteiger charge is -2.15. The van der Waals surface area contributed by atoms with Crippen LogP contribution in [0.4, 0.5) is 0 Å². The number of hydrogen-bond acceptors (Lipinski definition) is 0. The Hall–Kier alpha value is -1.04. The van der Waals surface area contributed by atoms with Crippen molar-refractivity contribution in [3.63, 3.8) is 0 Å². The first-order valence-electron chi connectivity index (χ1n) is 11.9. The Morgan fingerprint density at radius 3 is 1.96 bits per heavy atom. The highest BCUT2D eigenvalue weighted by Crippen LogP contribution is 2.25. The van der Waals surface area contributed by atoms with E-state index < -0.39 is 0 Å². The Kier molecular flexibility index (Phi) is 12.5. The maximum Gasteiger partial charge on any atom is -0.0102 e. The van der Waals surface area contributed by atoms with E-state index in [1.807, 2.05) is 0 Å². The van der Waals surface area contributed by atoms with Crippen molar-refractivity contribution in [1.82, 2.24) is 0 Å². The lowest BCUT2D eigenvalue weighted by molar-refractivity contribution is 0.437. The fourth-order valence-electron chi connectivity index (χ4n) is 3.84. The minimum Gasteiger partial charge on any atom is -0.0628 e. The van der Waals surface area contributed by atoms with E-state index in [-0.39, 0.29) is 0 Å². The van der Waals surface area contributed by atoms with Gasteiger partial charge in [-0.05, 0) is 72.1 Å². The summed E-state index contributed by atoms with van der Waals surface area (Å²) in [4.78, 5) is 0. The average molecular weight is 383 g/mol. The quantitative estimate of drug-likeness (QED) is 0.284. The maximum absolute atomic E-state index is 6.42.